The van der Waals surface area contributed by atoms with Crippen LogP contribution in [0.1, 0.15) is 22.8 Å². The van der Waals surface area contributed by atoms with Gasteiger partial charge in [0, 0.05) is 18.2 Å². The number of amides is 3. The first-order chi connectivity index (χ1) is 11.5. The molecular formula is C18H17N3O3. The van der Waals surface area contributed by atoms with Gasteiger partial charge >= 0.3 is 0 Å². The van der Waals surface area contributed by atoms with E-state index in [4.69, 9.17) is 5.73 Å². The Bertz CT molecular complexity index is 798. The minimum atomic E-state index is -0.590. The first-order valence-electron chi connectivity index (χ1n) is 7.21. The average Bonchev–Trinajstić information content (AvgIpc) is 2.55. The van der Waals surface area contributed by atoms with E-state index in [1.165, 1.54) is 13.0 Å². The second-order valence-corrected chi connectivity index (χ2v) is 5.05. The molecule has 6 heteroatoms. The molecule has 0 aliphatic carbocycles. The minimum absolute atomic E-state index is 0.0955. The van der Waals surface area contributed by atoms with Gasteiger partial charge in [0.15, 0.2) is 0 Å². The van der Waals surface area contributed by atoms with E-state index in [1.54, 1.807) is 24.3 Å². The third-order valence-electron chi connectivity index (χ3n) is 3.07. The lowest BCUT2D eigenvalue weighted by atomic mass is 10.1. The smallest absolute Gasteiger partial charge is 0.272 e. The monoisotopic (exact) mass is 323 g/mol. The van der Waals surface area contributed by atoms with Crippen LogP contribution in [0, 0.1) is 0 Å². The van der Waals surface area contributed by atoms with Crippen molar-refractivity contribution in [3.05, 3.63) is 71.4 Å². The SMILES string of the molecule is CC(=O)N/C(=C\c1ccccc1)C(=O)Nc1cccc(C(N)=O)c1. The Morgan fingerprint density at radius 2 is 1.71 bits per heavy atom. The van der Waals surface area contributed by atoms with Crippen molar-refractivity contribution in [3.63, 3.8) is 0 Å². The van der Waals surface area contributed by atoms with E-state index < -0.39 is 11.8 Å². The summed E-state index contributed by atoms with van der Waals surface area (Å²) in [5, 5.41) is 5.14. The fraction of sp³-hybridized carbons (Fsp3) is 0.0556. The minimum Gasteiger partial charge on any atom is -0.366 e. The lowest BCUT2D eigenvalue weighted by molar-refractivity contribution is -0.120. The van der Waals surface area contributed by atoms with Crippen molar-refractivity contribution in [2.24, 2.45) is 5.73 Å². The topological polar surface area (TPSA) is 101 Å². The van der Waals surface area contributed by atoms with Crippen LogP contribution in [0.4, 0.5) is 5.69 Å². The Hall–Kier alpha value is -3.41. The van der Waals surface area contributed by atoms with Crippen LogP contribution in [-0.4, -0.2) is 17.7 Å². The highest BCUT2D eigenvalue weighted by Crippen LogP contribution is 2.12. The van der Waals surface area contributed by atoms with Gasteiger partial charge in [0.25, 0.3) is 5.91 Å². The van der Waals surface area contributed by atoms with E-state index in [9.17, 15) is 14.4 Å². The van der Waals surface area contributed by atoms with Gasteiger partial charge in [-0.25, -0.2) is 0 Å². The van der Waals surface area contributed by atoms with Crippen LogP contribution in [0.3, 0.4) is 0 Å². The van der Waals surface area contributed by atoms with Gasteiger partial charge in [-0.05, 0) is 29.8 Å². The van der Waals surface area contributed by atoms with E-state index in [0.717, 1.165) is 5.56 Å². The van der Waals surface area contributed by atoms with Gasteiger partial charge in [-0.1, -0.05) is 36.4 Å². The standard InChI is InChI=1S/C18H17N3O3/c1-12(22)20-16(10-13-6-3-2-4-7-13)18(24)21-15-9-5-8-14(11-15)17(19)23/h2-11H,1H3,(H2,19,23)(H,20,22)(H,21,24)/b16-10-. The third kappa shape index (κ3) is 4.81. The van der Waals surface area contributed by atoms with Crippen molar-refractivity contribution >= 4 is 29.5 Å². The Morgan fingerprint density at radius 1 is 1.00 bits per heavy atom. The molecule has 0 heterocycles. The quantitative estimate of drug-likeness (QED) is 0.732. The highest BCUT2D eigenvalue weighted by Gasteiger charge is 2.12. The van der Waals surface area contributed by atoms with Crippen LogP contribution in [0.15, 0.2) is 60.3 Å². The van der Waals surface area contributed by atoms with Crippen molar-refractivity contribution in [3.8, 4) is 0 Å². The summed E-state index contributed by atoms with van der Waals surface area (Å²) in [6.45, 7) is 1.32. The molecular weight excluding hydrogens is 306 g/mol. The number of primary amides is 1. The van der Waals surface area contributed by atoms with Gasteiger partial charge in [0.05, 0.1) is 0 Å². The molecule has 122 valence electrons. The van der Waals surface area contributed by atoms with E-state index >= 15 is 0 Å². The molecule has 0 fully saturated rings. The fourth-order valence-corrected chi connectivity index (χ4v) is 2.01. The summed E-state index contributed by atoms with van der Waals surface area (Å²) in [6.07, 6.45) is 1.56. The van der Waals surface area contributed by atoms with Crippen molar-refractivity contribution in [1.82, 2.24) is 5.32 Å². The molecule has 2 aromatic carbocycles. The molecule has 0 atom stereocenters. The predicted molar refractivity (Wildman–Crippen MR) is 91.8 cm³/mol. The summed E-state index contributed by atoms with van der Waals surface area (Å²) < 4.78 is 0. The predicted octanol–water partition coefficient (Wildman–Crippen LogP) is 1.90. The molecule has 0 bridgehead atoms. The number of carbonyl (C=O) groups excluding carboxylic acids is 3. The summed E-state index contributed by atoms with van der Waals surface area (Å²) >= 11 is 0. The number of benzene rings is 2. The van der Waals surface area contributed by atoms with Crippen molar-refractivity contribution in [1.29, 1.82) is 0 Å². The molecule has 0 radical (unpaired) electrons. The average molecular weight is 323 g/mol. The zero-order valence-electron chi connectivity index (χ0n) is 13.1. The molecule has 0 aromatic heterocycles. The fourth-order valence-electron chi connectivity index (χ4n) is 2.01. The summed E-state index contributed by atoms with van der Waals surface area (Å²) in [7, 11) is 0. The molecule has 0 aliphatic rings. The molecule has 4 N–H and O–H groups in total. The molecule has 0 spiro atoms. The van der Waals surface area contributed by atoms with Crippen molar-refractivity contribution < 1.29 is 14.4 Å². The maximum Gasteiger partial charge on any atom is 0.272 e. The zero-order valence-corrected chi connectivity index (χ0v) is 13.1. The maximum atomic E-state index is 12.4. The van der Waals surface area contributed by atoms with Crippen LogP contribution in [-0.2, 0) is 9.59 Å². The van der Waals surface area contributed by atoms with Crippen LogP contribution in [0.25, 0.3) is 6.08 Å². The van der Waals surface area contributed by atoms with Gasteiger partial charge in [0.1, 0.15) is 5.70 Å². The molecule has 0 saturated carbocycles. The van der Waals surface area contributed by atoms with E-state index in [-0.39, 0.29) is 17.2 Å². The van der Waals surface area contributed by atoms with E-state index in [1.807, 2.05) is 30.3 Å². The van der Waals surface area contributed by atoms with Crippen LogP contribution < -0.4 is 16.4 Å². The summed E-state index contributed by atoms with van der Waals surface area (Å²) in [4.78, 5) is 35.0. The lowest BCUT2D eigenvalue weighted by Gasteiger charge is -2.10. The van der Waals surface area contributed by atoms with E-state index in [2.05, 4.69) is 10.6 Å². The molecule has 0 aliphatic heterocycles. The molecule has 3 amide bonds. The number of rotatable bonds is 5. The summed E-state index contributed by atoms with van der Waals surface area (Å²) in [5.41, 5.74) is 6.76. The zero-order chi connectivity index (χ0) is 17.5. The Balaban J connectivity index is 2.25. The maximum absolute atomic E-state index is 12.4. The van der Waals surface area contributed by atoms with Gasteiger partial charge in [-0.3, -0.25) is 14.4 Å². The number of carbonyl (C=O) groups is 3. The Morgan fingerprint density at radius 3 is 2.33 bits per heavy atom. The Labute approximate surface area is 139 Å². The second-order valence-electron chi connectivity index (χ2n) is 5.05. The van der Waals surface area contributed by atoms with Crippen molar-refractivity contribution in [2.45, 2.75) is 6.92 Å². The molecule has 2 rings (SSSR count). The first kappa shape index (κ1) is 17.0. The van der Waals surface area contributed by atoms with Crippen LogP contribution >= 0.6 is 0 Å². The third-order valence-corrected chi connectivity index (χ3v) is 3.07. The number of hydrogen-bond donors (Lipinski definition) is 3. The van der Waals surface area contributed by atoms with E-state index in [0.29, 0.717) is 5.69 Å². The van der Waals surface area contributed by atoms with Gasteiger partial charge in [-0.2, -0.15) is 0 Å². The molecule has 2 aromatic rings. The van der Waals surface area contributed by atoms with Gasteiger partial charge < -0.3 is 16.4 Å². The van der Waals surface area contributed by atoms with Crippen LogP contribution in [0.2, 0.25) is 0 Å². The summed E-state index contributed by atoms with van der Waals surface area (Å²) in [6, 6.07) is 15.4. The molecule has 0 unspecified atom stereocenters. The number of nitrogens with two attached hydrogens (primary N) is 1. The number of nitrogens with one attached hydrogen (secondary N) is 2. The highest BCUT2D eigenvalue weighted by atomic mass is 16.2. The van der Waals surface area contributed by atoms with Gasteiger partial charge in [0.2, 0.25) is 11.8 Å². The number of hydrogen-bond acceptors (Lipinski definition) is 3. The number of anilines is 1. The highest BCUT2D eigenvalue weighted by molar-refractivity contribution is 6.08. The van der Waals surface area contributed by atoms with Gasteiger partial charge in [-0.15, -0.1) is 0 Å². The molecule has 0 saturated heterocycles. The first-order valence-corrected chi connectivity index (χ1v) is 7.21. The molecule has 6 nitrogen and oxygen atoms in total. The summed E-state index contributed by atoms with van der Waals surface area (Å²) in [5.74, 6) is -1.46. The largest absolute Gasteiger partial charge is 0.366 e. The Kier molecular flexibility index (Phi) is 5.46. The second kappa shape index (κ2) is 7.73. The van der Waals surface area contributed by atoms with Crippen LogP contribution in [0.5, 0.6) is 0 Å². The van der Waals surface area contributed by atoms with Crippen molar-refractivity contribution in [2.75, 3.05) is 5.32 Å². The normalized spacial score (nSPS) is 10.8. The lowest BCUT2D eigenvalue weighted by Crippen LogP contribution is -2.29. The molecule has 24 heavy (non-hydrogen) atoms.